The minimum absolute atomic E-state index is 0.0555. The van der Waals surface area contributed by atoms with Gasteiger partial charge in [0, 0.05) is 13.2 Å². The van der Waals surface area contributed by atoms with E-state index in [4.69, 9.17) is 4.74 Å². The maximum atomic E-state index is 13.0. The molecule has 0 spiro atoms. The van der Waals surface area contributed by atoms with Gasteiger partial charge in [-0.2, -0.15) is 17.6 Å². The lowest BCUT2D eigenvalue weighted by Crippen LogP contribution is -2.33. The second-order valence-electron chi connectivity index (χ2n) is 5.36. The molecule has 0 amide bonds. The van der Waals surface area contributed by atoms with Crippen LogP contribution in [0.25, 0.3) is 0 Å². The van der Waals surface area contributed by atoms with Crippen molar-refractivity contribution in [3.05, 3.63) is 29.8 Å². The first kappa shape index (κ1) is 22.6. The maximum absolute atomic E-state index is 13.0. The normalized spacial score (nSPS) is 13.8. The summed E-state index contributed by atoms with van der Waals surface area (Å²) in [7, 11) is -2.22. The third-order valence-corrected chi connectivity index (χ3v) is 4.66. The molecule has 0 aromatic heterocycles. The van der Waals surface area contributed by atoms with Gasteiger partial charge in [-0.1, -0.05) is 12.1 Å². The quantitative estimate of drug-likeness (QED) is 0.330. The molecule has 11 heteroatoms. The first-order valence-corrected chi connectivity index (χ1v) is 9.24. The van der Waals surface area contributed by atoms with Crippen LogP contribution in [0.15, 0.2) is 24.3 Å². The number of rotatable bonds is 12. The van der Waals surface area contributed by atoms with Crippen molar-refractivity contribution in [2.75, 3.05) is 26.3 Å². The van der Waals surface area contributed by atoms with Crippen molar-refractivity contribution >= 4 is 10.0 Å². The fraction of sp³-hybridized carbons (Fsp3) is 0.600. The van der Waals surface area contributed by atoms with E-state index >= 15 is 0 Å². The number of methoxy groups -OCH3 is 1. The lowest BCUT2D eigenvalue weighted by atomic mass is 10.1. The zero-order valence-corrected chi connectivity index (χ0v) is 15.1. The number of nitrogens with one attached hydrogen (secondary N) is 1. The van der Waals surface area contributed by atoms with Crippen molar-refractivity contribution in [3.8, 4) is 5.75 Å². The SMILES string of the molecule is COCOCCCS(=O)(=O)N[C@H](C)c1cccc(OC(F)(F)C(F)F)c1. The van der Waals surface area contributed by atoms with Crippen molar-refractivity contribution in [2.24, 2.45) is 0 Å². The number of ether oxygens (including phenoxy) is 3. The zero-order valence-electron chi connectivity index (χ0n) is 14.3. The average Bonchev–Trinajstić information content (AvgIpc) is 2.54. The molecule has 26 heavy (non-hydrogen) atoms. The van der Waals surface area contributed by atoms with Gasteiger partial charge in [-0.05, 0) is 31.0 Å². The Morgan fingerprint density at radius 1 is 1.27 bits per heavy atom. The van der Waals surface area contributed by atoms with E-state index in [0.717, 1.165) is 12.1 Å². The second-order valence-corrected chi connectivity index (χ2v) is 7.24. The summed E-state index contributed by atoms with van der Waals surface area (Å²) in [6.07, 6.45) is -8.39. The van der Waals surface area contributed by atoms with Crippen molar-refractivity contribution in [2.45, 2.75) is 31.9 Å². The van der Waals surface area contributed by atoms with E-state index in [1.165, 1.54) is 26.2 Å². The monoisotopic (exact) mass is 403 g/mol. The van der Waals surface area contributed by atoms with Gasteiger partial charge < -0.3 is 14.2 Å². The zero-order chi connectivity index (χ0) is 19.8. The first-order valence-electron chi connectivity index (χ1n) is 7.59. The molecular weight excluding hydrogens is 382 g/mol. The summed E-state index contributed by atoms with van der Waals surface area (Å²) in [5.41, 5.74) is 0.284. The third kappa shape index (κ3) is 7.85. The highest BCUT2D eigenvalue weighted by Crippen LogP contribution is 2.29. The summed E-state index contributed by atoms with van der Waals surface area (Å²) < 4.78 is 90.3. The fourth-order valence-corrected chi connectivity index (χ4v) is 3.23. The molecule has 0 bridgehead atoms. The van der Waals surface area contributed by atoms with Crippen LogP contribution < -0.4 is 9.46 Å². The highest BCUT2D eigenvalue weighted by Gasteiger charge is 2.44. The Bertz CT molecular complexity index is 657. The topological polar surface area (TPSA) is 73.9 Å². The molecule has 1 N–H and O–H groups in total. The molecule has 0 radical (unpaired) electrons. The molecule has 150 valence electrons. The Kier molecular flexibility index (Phi) is 8.74. The summed E-state index contributed by atoms with van der Waals surface area (Å²) in [6.45, 7) is 1.73. The number of benzene rings is 1. The highest BCUT2D eigenvalue weighted by atomic mass is 32.2. The molecule has 0 aliphatic rings. The van der Waals surface area contributed by atoms with Crippen molar-refractivity contribution in [3.63, 3.8) is 0 Å². The summed E-state index contributed by atoms with van der Waals surface area (Å²) >= 11 is 0. The van der Waals surface area contributed by atoms with Crippen molar-refractivity contribution < 1.29 is 40.2 Å². The summed E-state index contributed by atoms with van der Waals surface area (Å²) in [5.74, 6) is -0.701. The van der Waals surface area contributed by atoms with E-state index in [1.54, 1.807) is 0 Å². The molecule has 0 aliphatic carbocycles. The molecular formula is C15H21F4NO5S. The minimum atomic E-state index is -4.64. The van der Waals surface area contributed by atoms with Gasteiger partial charge >= 0.3 is 12.5 Å². The minimum Gasteiger partial charge on any atom is -0.428 e. The second kappa shape index (κ2) is 10.0. The Morgan fingerprint density at radius 2 is 1.96 bits per heavy atom. The van der Waals surface area contributed by atoms with Crippen LogP contribution in [0.3, 0.4) is 0 Å². The molecule has 0 saturated carbocycles. The Hall–Kier alpha value is -1.43. The predicted octanol–water partition coefficient (Wildman–Crippen LogP) is 2.91. The van der Waals surface area contributed by atoms with E-state index in [-0.39, 0.29) is 31.1 Å². The van der Waals surface area contributed by atoms with Gasteiger partial charge in [0.1, 0.15) is 12.5 Å². The van der Waals surface area contributed by atoms with Gasteiger partial charge in [-0.25, -0.2) is 13.1 Å². The number of hydrogen-bond donors (Lipinski definition) is 1. The smallest absolute Gasteiger partial charge is 0.428 e. The summed E-state index contributed by atoms with van der Waals surface area (Å²) in [4.78, 5) is 0. The largest absolute Gasteiger partial charge is 0.461 e. The van der Waals surface area contributed by atoms with Crippen LogP contribution in [0.2, 0.25) is 0 Å². The van der Waals surface area contributed by atoms with Crippen LogP contribution in [0.1, 0.15) is 24.9 Å². The van der Waals surface area contributed by atoms with Gasteiger partial charge in [-0.15, -0.1) is 0 Å². The van der Waals surface area contributed by atoms with Gasteiger partial charge in [0.2, 0.25) is 10.0 Å². The molecule has 0 saturated heterocycles. The van der Waals surface area contributed by atoms with Gasteiger partial charge in [0.15, 0.2) is 0 Å². The Balaban J connectivity index is 2.66. The van der Waals surface area contributed by atoms with Crippen molar-refractivity contribution in [1.82, 2.24) is 4.72 Å². The Labute approximate surface area is 149 Å². The van der Waals surface area contributed by atoms with E-state index in [1.807, 2.05) is 0 Å². The molecule has 1 aromatic carbocycles. The van der Waals surface area contributed by atoms with Crippen LogP contribution in [0, 0.1) is 0 Å². The van der Waals surface area contributed by atoms with Crippen LogP contribution in [-0.4, -0.2) is 47.2 Å². The summed E-state index contributed by atoms with van der Waals surface area (Å²) in [6, 6.07) is 4.14. The van der Waals surface area contributed by atoms with Crippen LogP contribution >= 0.6 is 0 Å². The van der Waals surface area contributed by atoms with Gasteiger partial charge in [0.25, 0.3) is 0 Å². The first-order chi connectivity index (χ1) is 12.1. The molecule has 1 aromatic rings. The van der Waals surface area contributed by atoms with E-state index < -0.39 is 34.3 Å². The van der Waals surface area contributed by atoms with Gasteiger partial charge in [-0.3, -0.25) is 0 Å². The maximum Gasteiger partial charge on any atom is 0.461 e. The Morgan fingerprint density at radius 3 is 2.58 bits per heavy atom. The number of hydrogen-bond acceptors (Lipinski definition) is 5. The standard InChI is InChI=1S/C15H21F4NO5S/c1-11(20-26(21,22)8-4-7-24-10-23-2)12-5-3-6-13(9-12)25-15(18,19)14(16)17/h3,5-6,9,11,14,20H,4,7-8,10H2,1-2H3/t11-/m1/s1. The van der Waals surface area contributed by atoms with Crippen molar-refractivity contribution in [1.29, 1.82) is 0 Å². The third-order valence-electron chi connectivity index (χ3n) is 3.13. The lowest BCUT2D eigenvalue weighted by Gasteiger charge is -2.19. The number of alkyl halides is 4. The van der Waals surface area contributed by atoms with E-state index in [2.05, 4.69) is 14.2 Å². The lowest BCUT2D eigenvalue weighted by molar-refractivity contribution is -0.253. The molecule has 0 heterocycles. The molecule has 0 aliphatic heterocycles. The number of halogens is 4. The molecule has 1 atom stereocenters. The molecule has 0 fully saturated rings. The molecule has 1 rings (SSSR count). The fourth-order valence-electron chi connectivity index (χ4n) is 1.94. The molecule has 6 nitrogen and oxygen atoms in total. The number of sulfonamides is 1. The van der Waals surface area contributed by atoms with Gasteiger partial charge in [0.05, 0.1) is 12.4 Å². The molecule has 0 unspecified atom stereocenters. The van der Waals surface area contributed by atoms with E-state index in [9.17, 15) is 26.0 Å². The van der Waals surface area contributed by atoms with Crippen LogP contribution in [-0.2, 0) is 19.5 Å². The van der Waals surface area contributed by atoms with Crippen LogP contribution in [0.4, 0.5) is 17.6 Å². The predicted molar refractivity (Wildman–Crippen MR) is 85.8 cm³/mol. The highest BCUT2D eigenvalue weighted by molar-refractivity contribution is 7.89. The van der Waals surface area contributed by atoms with Crippen LogP contribution in [0.5, 0.6) is 5.75 Å². The summed E-state index contributed by atoms with van der Waals surface area (Å²) in [5, 5.41) is 0. The average molecular weight is 403 g/mol. The van der Waals surface area contributed by atoms with E-state index in [0.29, 0.717) is 0 Å².